The van der Waals surface area contributed by atoms with Gasteiger partial charge in [-0.15, -0.1) is 0 Å². The van der Waals surface area contributed by atoms with Gasteiger partial charge in [-0.2, -0.15) is 0 Å². The van der Waals surface area contributed by atoms with Crippen LogP contribution in [-0.2, 0) is 0 Å². The number of hydrogen-bond donors (Lipinski definition) is 0. The molecule has 8 rings (SSSR count). The lowest BCUT2D eigenvalue weighted by atomic mass is 9.85. The fraction of sp³-hybridized carbons (Fsp3) is 0.0455. The Balaban J connectivity index is 1.36. The van der Waals surface area contributed by atoms with Gasteiger partial charge in [0.1, 0.15) is 23.0 Å². The van der Waals surface area contributed by atoms with Gasteiger partial charge < -0.3 is 18.9 Å². The molecule has 0 aliphatic heterocycles. The average Bonchev–Trinajstić information content (AvgIpc) is 3.14. The Morgan fingerprint density at radius 2 is 0.750 bits per heavy atom. The normalized spacial score (nSPS) is 11.2. The van der Waals surface area contributed by atoms with Crippen molar-refractivity contribution in [2.75, 3.05) is 0 Å². The first-order valence-electron chi connectivity index (χ1n) is 16.4. The maximum absolute atomic E-state index is 13.3. The van der Waals surface area contributed by atoms with Crippen LogP contribution in [-0.4, -0.2) is 12.3 Å². The van der Waals surface area contributed by atoms with Crippen molar-refractivity contribution < 1.29 is 28.5 Å². The second kappa shape index (κ2) is 13.6. The van der Waals surface area contributed by atoms with E-state index in [1.54, 1.807) is 36.4 Å². The van der Waals surface area contributed by atoms with Crippen molar-refractivity contribution in [1.29, 1.82) is 0 Å². The molecule has 0 radical (unpaired) electrons. The minimum Gasteiger partial charge on any atom is -0.395 e. The Kier molecular flexibility index (Phi) is 8.63. The van der Waals surface area contributed by atoms with Gasteiger partial charge in [-0.05, 0) is 107 Å². The van der Waals surface area contributed by atoms with Gasteiger partial charge in [0.05, 0.1) is 0 Å². The summed E-state index contributed by atoms with van der Waals surface area (Å²) in [6.07, 6.45) is -1.75. The highest BCUT2D eigenvalue weighted by Crippen LogP contribution is 2.50. The van der Waals surface area contributed by atoms with Crippen molar-refractivity contribution in [3.8, 4) is 34.1 Å². The fourth-order valence-electron chi connectivity index (χ4n) is 6.59. The van der Waals surface area contributed by atoms with Crippen LogP contribution in [0, 0.1) is 13.8 Å². The van der Waals surface area contributed by atoms with Gasteiger partial charge in [0.15, 0.2) is 0 Å². The van der Waals surface area contributed by atoms with Gasteiger partial charge in [0, 0.05) is 31.6 Å². The first kappa shape index (κ1) is 33.1. The SMILES string of the molecule is Cc1ccc(OC(=O)Oc2c3ccccc3c(-c3c4ccccc4c(OC(=O)Oc4ccc(C)cc4)c4ccc(Cl)cc34)c3cc(Cl)ccc23)cc1. The fourth-order valence-corrected chi connectivity index (χ4v) is 6.94. The Bertz CT molecular complexity index is 2520. The molecule has 0 saturated carbocycles. The maximum Gasteiger partial charge on any atom is 0.519 e. The molecule has 0 heterocycles. The van der Waals surface area contributed by atoms with Crippen LogP contribution >= 0.6 is 23.2 Å². The van der Waals surface area contributed by atoms with E-state index in [1.165, 1.54) is 0 Å². The van der Waals surface area contributed by atoms with Gasteiger partial charge in [-0.25, -0.2) is 9.59 Å². The molecule has 0 bridgehead atoms. The van der Waals surface area contributed by atoms with E-state index in [2.05, 4.69) is 0 Å². The zero-order valence-corrected chi connectivity index (χ0v) is 29.4. The molecule has 0 aromatic heterocycles. The van der Waals surface area contributed by atoms with E-state index in [1.807, 2.05) is 111 Å². The van der Waals surface area contributed by atoms with Gasteiger partial charge in [0.25, 0.3) is 0 Å². The van der Waals surface area contributed by atoms with E-state index in [-0.39, 0.29) is 0 Å². The summed E-state index contributed by atoms with van der Waals surface area (Å²) in [6.45, 7) is 3.91. The van der Waals surface area contributed by atoms with Crippen LogP contribution in [0.4, 0.5) is 9.59 Å². The predicted molar refractivity (Wildman–Crippen MR) is 208 cm³/mol. The first-order valence-corrected chi connectivity index (χ1v) is 17.2. The molecule has 52 heavy (non-hydrogen) atoms. The minimum atomic E-state index is -0.875. The van der Waals surface area contributed by atoms with Crippen LogP contribution in [0.3, 0.4) is 0 Å². The summed E-state index contributed by atoms with van der Waals surface area (Å²) in [5.74, 6) is 1.38. The lowest BCUT2D eigenvalue weighted by Crippen LogP contribution is -2.14. The van der Waals surface area contributed by atoms with Gasteiger partial charge in [-0.3, -0.25) is 0 Å². The molecule has 8 heteroatoms. The van der Waals surface area contributed by atoms with E-state index in [0.29, 0.717) is 54.6 Å². The Labute approximate surface area is 308 Å². The molecule has 254 valence electrons. The number of carbonyl (C=O) groups is 2. The van der Waals surface area contributed by atoms with E-state index in [9.17, 15) is 9.59 Å². The van der Waals surface area contributed by atoms with Crippen LogP contribution < -0.4 is 18.9 Å². The largest absolute Gasteiger partial charge is 0.519 e. The van der Waals surface area contributed by atoms with Crippen molar-refractivity contribution in [3.05, 3.63) is 155 Å². The van der Waals surface area contributed by atoms with E-state index in [4.69, 9.17) is 42.1 Å². The molecule has 0 atom stereocenters. The van der Waals surface area contributed by atoms with Crippen molar-refractivity contribution in [1.82, 2.24) is 0 Å². The molecular formula is C44H28Cl2O6. The molecule has 8 aromatic carbocycles. The van der Waals surface area contributed by atoms with E-state index >= 15 is 0 Å². The summed E-state index contributed by atoms with van der Waals surface area (Å²) >= 11 is 13.4. The molecule has 0 fully saturated rings. The van der Waals surface area contributed by atoms with E-state index in [0.717, 1.165) is 43.8 Å². The van der Waals surface area contributed by atoms with Gasteiger partial charge in [-0.1, -0.05) is 107 Å². The number of halogens is 2. The van der Waals surface area contributed by atoms with Crippen molar-refractivity contribution in [3.63, 3.8) is 0 Å². The molecule has 0 unspecified atom stereocenters. The molecule has 0 saturated heterocycles. The monoisotopic (exact) mass is 722 g/mol. The zero-order chi connectivity index (χ0) is 35.9. The third kappa shape index (κ3) is 6.23. The maximum atomic E-state index is 13.3. The molecule has 0 amide bonds. The highest BCUT2D eigenvalue weighted by Gasteiger charge is 2.25. The zero-order valence-electron chi connectivity index (χ0n) is 27.9. The van der Waals surface area contributed by atoms with Crippen LogP contribution in [0.25, 0.3) is 54.2 Å². The number of ether oxygens (including phenoxy) is 4. The number of fused-ring (bicyclic) bond motifs is 4. The van der Waals surface area contributed by atoms with Crippen LogP contribution in [0.1, 0.15) is 11.1 Å². The topological polar surface area (TPSA) is 71.1 Å². The Hall–Kier alpha value is -6.08. The standard InChI is InChI=1S/C44H28Cl2O6/c1-25-11-17-29(18-12-25)49-43(47)51-41-33-9-5-3-7-31(33)39(37-23-27(45)15-21-35(37)41)40-32-8-4-6-10-34(32)42(36-22-16-28(46)24-38(36)40)52-44(48)50-30-19-13-26(2)14-20-30/h3-24H,1-2H3. The summed E-state index contributed by atoms with van der Waals surface area (Å²) in [5.41, 5.74) is 3.72. The van der Waals surface area contributed by atoms with Crippen molar-refractivity contribution in [2.24, 2.45) is 0 Å². The minimum absolute atomic E-state index is 0.327. The second-order valence-electron chi connectivity index (χ2n) is 12.4. The van der Waals surface area contributed by atoms with Crippen LogP contribution in [0.5, 0.6) is 23.0 Å². The lowest BCUT2D eigenvalue weighted by Gasteiger charge is -2.21. The number of carbonyl (C=O) groups excluding carboxylic acids is 2. The number of aryl methyl sites for hydroxylation is 2. The molecule has 0 aliphatic rings. The molecular weight excluding hydrogens is 695 g/mol. The Morgan fingerprint density at radius 1 is 0.404 bits per heavy atom. The molecule has 0 N–H and O–H groups in total. The molecule has 8 aromatic rings. The third-order valence-electron chi connectivity index (χ3n) is 8.94. The van der Waals surface area contributed by atoms with Crippen molar-refractivity contribution >= 4 is 78.6 Å². The van der Waals surface area contributed by atoms with Gasteiger partial charge >= 0.3 is 12.3 Å². The molecule has 6 nitrogen and oxygen atoms in total. The number of hydrogen-bond acceptors (Lipinski definition) is 6. The lowest BCUT2D eigenvalue weighted by molar-refractivity contribution is 0.152. The highest BCUT2D eigenvalue weighted by atomic mass is 35.5. The number of benzene rings is 8. The average molecular weight is 724 g/mol. The molecule has 0 spiro atoms. The van der Waals surface area contributed by atoms with Crippen LogP contribution in [0.2, 0.25) is 10.0 Å². The van der Waals surface area contributed by atoms with Crippen molar-refractivity contribution in [2.45, 2.75) is 13.8 Å². The summed E-state index contributed by atoms with van der Waals surface area (Å²) in [5, 5.41) is 6.63. The summed E-state index contributed by atoms with van der Waals surface area (Å²) < 4.78 is 23.2. The quantitative estimate of drug-likeness (QED) is 0.100. The van der Waals surface area contributed by atoms with Gasteiger partial charge in [0.2, 0.25) is 0 Å². The first-order chi connectivity index (χ1) is 25.2. The number of rotatable bonds is 5. The smallest absolute Gasteiger partial charge is 0.395 e. The Morgan fingerprint density at radius 3 is 1.13 bits per heavy atom. The summed E-state index contributed by atoms with van der Waals surface area (Å²) in [7, 11) is 0. The second-order valence-corrected chi connectivity index (χ2v) is 13.3. The predicted octanol–water partition coefficient (Wildman–Crippen LogP) is 13.0. The summed E-state index contributed by atoms with van der Waals surface area (Å²) in [6, 6.07) is 40.5. The third-order valence-corrected chi connectivity index (χ3v) is 9.41. The van der Waals surface area contributed by atoms with Crippen LogP contribution in [0.15, 0.2) is 133 Å². The van der Waals surface area contributed by atoms with E-state index < -0.39 is 12.3 Å². The summed E-state index contributed by atoms with van der Waals surface area (Å²) in [4.78, 5) is 26.6. The molecule has 0 aliphatic carbocycles. The highest BCUT2D eigenvalue weighted by molar-refractivity contribution is 6.34.